The molecule has 2 aromatic heterocycles. The van der Waals surface area contributed by atoms with Crippen LogP contribution in [0.4, 0.5) is 19.0 Å². The van der Waals surface area contributed by atoms with Crippen molar-refractivity contribution in [1.29, 1.82) is 0 Å². The number of nitrogens with zero attached hydrogens (tertiary/aromatic N) is 6. The van der Waals surface area contributed by atoms with Gasteiger partial charge in [-0.3, -0.25) is 4.79 Å². The molecule has 1 amide bonds. The van der Waals surface area contributed by atoms with Crippen LogP contribution in [-0.4, -0.2) is 57.0 Å². The fourth-order valence-electron chi connectivity index (χ4n) is 3.30. The number of alkyl halides is 3. The number of hydrogen-bond acceptors (Lipinski definition) is 5. The third-order valence-corrected chi connectivity index (χ3v) is 4.92. The molecule has 1 fully saturated rings. The Morgan fingerprint density at radius 2 is 1.67 bits per heavy atom. The lowest BCUT2D eigenvalue weighted by atomic mass is 10.1. The van der Waals surface area contributed by atoms with Crippen molar-refractivity contribution in [2.45, 2.75) is 13.1 Å². The number of benzene rings is 1. The van der Waals surface area contributed by atoms with Crippen molar-refractivity contribution in [3.63, 3.8) is 0 Å². The number of hydrogen-bond donors (Lipinski definition) is 0. The smallest absolute Gasteiger partial charge is 0.352 e. The predicted molar refractivity (Wildman–Crippen MR) is 103 cm³/mol. The number of amides is 1. The van der Waals surface area contributed by atoms with E-state index >= 15 is 0 Å². The normalized spacial score (nSPS) is 14.8. The summed E-state index contributed by atoms with van der Waals surface area (Å²) in [6.07, 6.45) is -2.67. The lowest BCUT2D eigenvalue weighted by Crippen LogP contribution is -2.49. The number of carbonyl (C=O) groups is 1. The van der Waals surface area contributed by atoms with E-state index in [1.54, 1.807) is 15.8 Å². The average molecular weight is 416 g/mol. The maximum absolute atomic E-state index is 12.9. The molecule has 156 valence electrons. The van der Waals surface area contributed by atoms with E-state index < -0.39 is 17.6 Å². The van der Waals surface area contributed by atoms with Crippen LogP contribution in [0.3, 0.4) is 0 Å². The van der Waals surface area contributed by atoms with Crippen LogP contribution in [0, 0.1) is 6.92 Å². The van der Waals surface area contributed by atoms with E-state index in [-0.39, 0.29) is 5.56 Å². The molecule has 0 bridgehead atoms. The van der Waals surface area contributed by atoms with Crippen LogP contribution in [-0.2, 0) is 6.18 Å². The molecular formula is C20H19F3N6O. The molecule has 0 N–H and O–H groups in total. The summed E-state index contributed by atoms with van der Waals surface area (Å²) in [5.74, 6) is 0.871. The summed E-state index contributed by atoms with van der Waals surface area (Å²) in [4.78, 5) is 16.2. The molecule has 0 unspecified atom stereocenters. The zero-order valence-corrected chi connectivity index (χ0v) is 16.2. The van der Waals surface area contributed by atoms with Gasteiger partial charge in [0, 0.05) is 37.9 Å². The van der Waals surface area contributed by atoms with E-state index in [4.69, 9.17) is 0 Å². The predicted octanol–water partition coefficient (Wildman–Crippen LogP) is 2.95. The van der Waals surface area contributed by atoms with Crippen molar-refractivity contribution in [1.82, 2.24) is 24.9 Å². The highest BCUT2D eigenvalue weighted by Crippen LogP contribution is 2.30. The standard InChI is InChI=1S/C20H19F3N6O/c1-14-7-8-29(26-14)18-6-5-17(24-25-18)27-9-11-28(12-10-27)19(30)15-3-2-4-16(13-15)20(21,22)23/h2-8,13H,9-12H2,1H3. The number of carbonyl (C=O) groups excluding carboxylic acids is 1. The van der Waals surface area contributed by atoms with Crippen molar-refractivity contribution < 1.29 is 18.0 Å². The molecule has 3 aromatic rings. The summed E-state index contributed by atoms with van der Waals surface area (Å²) in [6, 6.07) is 10.0. The number of aromatic nitrogens is 4. The Bertz CT molecular complexity index is 1040. The van der Waals surface area contributed by atoms with Crippen LogP contribution in [0.15, 0.2) is 48.7 Å². The van der Waals surface area contributed by atoms with Crippen LogP contribution in [0.25, 0.3) is 5.82 Å². The van der Waals surface area contributed by atoms with Crippen molar-refractivity contribution in [2.24, 2.45) is 0 Å². The van der Waals surface area contributed by atoms with Gasteiger partial charge in [0.05, 0.1) is 11.3 Å². The first kappa shape index (κ1) is 19.9. The second kappa shape index (κ2) is 7.77. The molecule has 1 aliphatic heterocycles. The Morgan fingerprint density at radius 3 is 2.27 bits per heavy atom. The maximum atomic E-state index is 12.9. The van der Waals surface area contributed by atoms with E-state index in [0.717, 1.165) is 17.8 Å². The summed E-state index contributed by atoms with van der Waals surface area (Å²) in [6.45, 7) is 3.69. The van der Waals surface area contributed by atoms with Gasteiger partial charge in [-0.2, -0.15) is 18.3 Å². The SMILES string of the molecule is Cc1ccn(-c2ccc(N3CCN(C(=O)c4cccc(C(F)(F)F)c4)CC3)nn2)n1. The first-order valence-corrected chi connectivity index (χ1v) is 9.39. The van der Waals surface area contributed by atoms with Gasteiger partial charge in [0.25, 0.3) is 5.91 Å². The molecule has 1 aromatic carbocycles. The van der Waals surface area contributed by atoms with E-state index in [2.05, 4.69) is 15.3 Å². The fraction of sp³-hybridized carbons (Fsp3) is 0.300. The minimum Gasteiger partial charge on any atom is -0.352 e. The molecule has 1 saturated heterocycles. The van der Waals surface area contributed by atoms with Crippen molar-refractivity contribution >= 4 is 11.7 Å². The second-order valence-corrected chi connectivity index (χ2v) is 7.01. The topological polar surface area (TPSA) is 67.2 Å². The van der Waals surface area contributed by atoms with Gasteiger partial charge in [-0.15, -0.1) is 10.2 Å². The van der Waals surface area contributed by atoms with Gasteiger partial charge in [-0.05, 0) is 43.3 Å². The highest BCUT2D eigenvalue weighted by Gasteiger charge is 2.31. The Labute approximate surface area is 170 Å². The lowest BCUT2D eigenvalue weighted by Gasteiger charge is -2.35. The third kappa shape index (κ3) is 4.12. The Hall–Kier alpha value is -3.43. The zero-order chi connectivity index (χ0) is 21.3. The molecule has 1 aliphatic rings. The third-order valence-electron chi connectivity index (χ3n) is 4.92. The average Bonchev–Trinajstić information content (AvgIpc) is 3.19. The number of aryl methyl sites for hydroxylation is 1. The minimum absolute atomic E-state index is 0.0388. The zero-order valence-electron chi connectivity index (χ0n) is 16.2. The van der Waals surface area contributed by atoms with Gasteiger partial charge in [0.15, 0.2) is 11.6 Å². The van der Waals surface area contributed by atoms with Crippen molar-refractivity contribution in [2.75, 3.05) is 31.1 Å². The summed E-state index contributed by atoms with van der Waals surface area (Å²) >= 11 is 0. The van der Waals surface area contributed by atoms with Gasteiger partial charge in [0.1, 0.15) is 0 Å². The first-order valence-electron chi connectivity index (χ1n) is 9.39. The Kier molecular flexibility index (Phi) is 5.15. The monoisotopic (exact) mass is 416 g/mol. The summed E-state index contributed by atoms with van der Waals surface area (Å²) in [7, 11) is 0. The molecule has 4 rings (SSSR count). The molecule has 7 nitrogen and oxygen atoms in total. The van der Waals surface area contributed by atoms with E-state index in [0.29, 0.717) is 37.8 Å². The Morgan fingerprint density at radius 1 is 0.967 bits per heavy atom. The maximum Gasteiger partial charge on any atom is 0.416 e. The van der Waals surface area contributed by atoms with Gasteiger partial charge < -0.3 is 9.80 Å². The molecule has 0 aliphatic carbocycles. The Balaban J connectivity index is 1.40. The van der Waals surface area contributed by atoms with Crippen LogP contribution >= 0.6 is 0 Å². The molecule has 0 saturated carbocycles. The highest BCUT2D eigenvalue weighted by molar-refractivity contribution is 5.94. The molecule has 3 heterocycles. The van der Waals surface area contributed by atoms with Gasteiger partial charge in [-0.25, -0.2) is 4.68 Å². The highest BCUT2D eigenvalue weighted by atomic mass is 19.4. The van der Waals surface area contributed by atoms with Crippen LogP contribution in [0.5, 0.6) is 0 Å². The van der Waals surface area contributed by atoms with Crippen LogP contribution in [0.2, 0.25) is 0 Å². The van der Waals surface area contributed by atoms with Crippen molar-refractivity contribution in [3.05, 3.63) is 65.5 Å². The molecule has 30 heavy (non-hydrogen) atoms. The molecular weight excluding hydrogens is 397 g/mol. The second-order valence-electron chi connectivity index (χ2n) is 7.01. The van der Waals surface area contributed by atoms with Gasteiger partial charge in [0.2, 0.25) is 0 Å². The number of rotatable bonds is 3. The van der Waals surface area contributed by atoms with E-state index in [1.807, 2.05) is 30.0 Å². The largest absolute Gasteiger partial charge is 0.416 e. The summed E-state index contributed by atoms with van der Waals surface area (Å²) in [5, 5.41) is 12.7. The molecule has 0 spiro atoms. The quantitative estimate of drug-likeness (QED) is 0.657. The number of piperazine rings is 1. The van der Waals surface area contributed by atoms with E-state index in [9.17, 15) is 18.0 Å². The first-order chi connectivity index (χ1) is 14.3. The molecule has 10 heteroatoms. The van der Waals surface area contributed by atoms with Crippen LogP contribution < -0.4 is 4.90 Å². The molecule has 0 radical (unpaired) electrons. The van der Waals surface area contributed by atoms with Crippen molar-refractivity contribution in [3.8, 4) is 5.82 Å². The summed E-state index contributed by atoms with van der Waals surface area (Å²) in [5.41, 5.74) is 0.0918. The lowest BCUT2D eigenvalue weighted by molar-refractivity contribution is -0.137. The van der Waals surface area contributed by atoms with Crippen LogP contribution in [0.1, 0.15) is 21.6 Å². The number of anilines is 1. The molecule has 0 atom stereocenters. The number of halogens is 3. The summed E-state index contributed by atoms with van der Waals surface area (Å²) < 4.78 is 40.3. The minimum atomic E-state index is -4.48. The fourth-order valence-corrected chi connectivity index (χ4v) is 3.30. The van der Waals surface area contributed by atoms with Gasteiger partial charge >= 0.3 is 6.18 Å². The van der Waals surface area contributed by atoms with Gasteiger partial charge in [-0.1, -0.05) is 6.07 Å². The van der Waals surface area contributed by atoms with E-state index in [1.165, 1.54) is 12.1 Å².